The van der Waals surface area contributed by atoms with Crippen molar-refractivity contribution in [1.82, 2.24) is 15.1 Å². The maximum atomic E-state index is 11.0. The smallest absolute Gasteiger partial charge is 0.217 e. The summed E-state index contributed by atoms with van der Waals surface area (Å²) in [5.41, 5.74) is 7.64. The average Bonchev–Trinajstić information content (AvgIpc) is 2.94. The number of carbonyl (C=O) groups is 1. The summed E-state index contributed by atoms with van der Waals surface area (Å²) in [4.78, 5) is 13.3. The quantitative estimate of drug-likeness (QED) is 0.747. The molecule has 0 saturated heterocycles. The number of fused-ring (bicyclic) bond motifs is 1. The molecule has 0 aliphatic carbocycles. The Balaban J connectivity index is 1.84. The van der Waals surface area contributed by atoms with Crippen LogP contribution in [0.5, 0.6) is 0 Å². The molecule has 2 rings (SSSR count). The Labute approximate surface area is 138 Å². The summed E-state index contributed by atoms with van der Waals surface area (Å²) in [6.45, 7) is 6.38. The van der Waals surface area contributed by atoms with E-state index in [0.29, 0.717) is 18.3 Å². The molecule has 5 heteroatoms. The molecule has 1 amide bonds. The van der Waals surface area contributed by atoms with E-state index in [4.69, 9.17) is 5.73 Å². The first kappa shape index (κ1) is 17.5. The average molecular weight is 316 g/mol. The zero-order chi connectivity index (χ0) is 16.8. The van der Waals surface area contributed by atoms with Crippen LogP contribution in [0.4, 0.5) is 0 Å². The number of hydrogen-bond acceptors (Lipinski definition) is 3. The van der Waals surface area contributed by atoms with Crippen LogP contribution in [-0.2, 0) is 11.3 Å². The van der Waals surface area contributed by atoms with Crippen molar-refractivity contribution in [3.8, 4) is 0 Å². The molecule has 0 radical (unpaired) electrons. The highest BCUT2D eigenvalue weighted by atomic mass is 16.1. The van der Waals surface area contributed by atoms with E-state index in [-0.39, 0.29) is 5.91 Å². The van der Waals surface area contributed by atoms with Gasteiger partial charge in [-0.2, -0.15) is 5.10 Å². The van der Waals surface area contributed by atoms with E-state index >= 15 is 0 Å². The van der Waals surface area contributed by atoms with Gasteiger partial charge in [-0.1, -0.05) is 19.9 Å². The minimum atomic E-state index is -0.197. The Hall–Kier alpha value is -1.88. The van der Waals surface area contributed by atoms with Crippen LogP contribution in [0.2, 0.25) is 0 Å². The molecule has 0 spiro atoms. The first-order chi connectivity index (χ1) is 11.0. The van der Waals surface area contributed by atoms with Gasteiger partial charge in [0.25, 0.3) is 0 Å². The summed E-state index contributed by atoms with van der Waals surface area (Å²) < 4.78 is 0. The summed E-state index contributed by atoms with van der Waals surface area (Å²) in [6, 6.07) is 6.40. The summed E-state index contributed by atoms with van der Waals surface area (Å²) in [7, 11) is 2.14. The van der Waals surface area contributed by atoms with Crippen molar-refractivity contribution < 1.29 is 4.79 Å². The molecule has 0 aliphatic rings. The second-order valence-electron chi connectivity index (χ2n) is 6.83. The Bertz CT molecular complexity index is 635. The first-order valence-electron chi connectivity index (χ1n) is 8.34. The topological polar surface area (TPSA) is 75.0 Å². The number of nitrogens with zero attached hydrogens (tertiary/aromatic N) is 2. The highest BCUT2D eigenvalue weighted by Crippen LogP contribution is 2.22. The van der Waals surface area contributed by atoms with E-state index in [9.17, 15) is 4.79 Å². The normalized spacial score (nSPS) is 13.1. The third-order valence-corrected chi connectivity index (χ3v) is 4.54. The molecule has 1 unspecified atom stereocenters. The van der Waals surface area contributed by atoms with Crippen LogP contribution < -0.4 is 5.73 Å². The largest absolute Gasteiger partial charge is 0.370 e. The van der Waals surface area contributed by atoms with Crippen molar-refractivity contribution in [2.24, 2.45) is 17.6 Å². The molecule has 3 N–H and O–H groups in total. The van der Waals surface area contributed by atoms with Crippen LogP contribution in [0, 0.1) is 11.8 Å². The van der Waals surface area contributed by atoms with Crippen LogP contribution in [0.1, 0.15) is 38.7 Å². The first-order valence-corrected chi connectivity index (χ1v) is 8.34. The van der Waals surface area contributed by atoms with Gasteiger partial charge in [-0.05, 0) is 56.0 Å². The molecule has 126 valence electrons. The number of benzene rings is 1. The Kier molecular flexibility index (Phi) is 6.16. The maximum absolute atomic E-state index is 11.0. The second-order valence-corrected chi connectivity index (χ2v) is 6.83. The lowest BCUT2D eigenvalue weighted by atomic mass is 9.88. The number of rotatable bonds is 9. The predicted octanol–water partition coefficient (Wildman–Crippen LogP) is 2.92. The van der Waals surface area contributed by atoms with E-state index < -0.39 is 0 Å². The number of primary amides is 1. The fraction of sp³-hybridized carbons (Fsp3) is 0.556. The molecule has 5 nitrogen and oxygen atoms in total. The van der Waals surface area contributed by atoms with E-state index in [2.05, 4.69) is 54.2 Å². The lowest BCUT2D eigenvalue weighted by Crippen LogP contribution is -2.24. The summed E-state index contributed by atoms with van der Waals surface area (Å²) in [6.07, 6.45) is 4.33. The molecule has 23 heavy (non-hydrogen) atoms. The molecule has 0 aliphatic heterocycles. The lowest BCUT2D eigenvalue weighted by Gasteiger charge is -2.24. The molecule has 1 aromatic heterocycles. The van der Waals surface area contributed by atoms with Gasteiger partial charge in [0.1, 0.15) is 0 Å². The highest BCUT2D eigenvalue weighted by molar-refractivity contribution is 5.78. The number of nitrogens with two attached hydrogens (primary N) is 1. The van der Waals surface area contributed by atoms with Crippen molar-refractivity contribution in [1.29, 1.82) is 0 Å². The van der Waals surface area contributed by atoms with Crippen LogP contribution >= 0.6 is 0 Å². The van der Waals surface area contributed by atoms with Gasteiger partial charge in [0.05, 0.1) is 11.7 Å². The molecular weight excluding hydrogens is 288 g/mol. The van der Waals surface area contributed by atoms with Crippen molar-refractivity contribution in [2.45, 2.75) is 39.7 Å². The third-order valence-electron chi connectivity index (χ3n) is 4.54. The highest BCUT2D eigenvalue weighted by Gasteiger charge is 2.15. The minimum Gasteiger partial charge on any atom is -0.370 e. The monoisotopic (exact) mass is 316 g/mol. The van der Waals surface area contributed by atoms with Gasteiger partial charge in [-0.15, -0.1) is 0 Å². The SMILES string of the molecule is CC(C)C(CCC(N)=O)CCN(C)Cc1ccc2[nH]ncc2c1. The predicted molar refractivity (Wildman–Crippen MR) is 93.8 cm³/mol. The van der Waals surface area contributed by atoms with Gasteiger partial charge in [0, 0.05) is 18.4 Å². The van der Waals surface area contributed by atoms with Gasteiger partial charge in [-0.25, -0.2) is 0 Å². The second kappa shape index (κ2) is 8.11. The molecule has 0 bridgehead atoms. The molecule has 1 heterocycles. The maximum Gasteiger partial charge on any atom is 0.217 e. The fourth-order valence-corrected chi connectivity index (χ4v) is 3.01. The van der Waals surface area contributed by atoms with E-state index in [1.807, 2.05) is 6.20 Å². The van der Waals surface area contributed by atoms with E-state index in [1.54, 1.807) is 0 Å². The Morgan fingerprint density at radius 1 is 1.35 bits per heavy atom. The number of aromatic nitrogens is 2. The molecular formula is C18H28N4O. The summed E-state index contributed by atoms with van der Waals surface area (Å²) in [5.74, 6) is 0.920. The van der Waals surface area contributed by atoms with Gasteiger partial charge in [0.2, 0.25) is 5.91 Å². The summed E-state index contributed by atoms with van der Waals surface area (Å²) in [5, 5.41) is 8.18. The van der Waals surface area contributed by atoms with Gasteiger partial charge in [-0.3, -0.25) is 9.89 Å². The van der Waals surface area contributed by atoms with Gasteiger partial charge >= 0.3 is 0 Å². The van der Waals surface area contributed by atoms with Crippen molar-refractivity contribution in [3.05, 3.63) is 30.0 Å². The van der Waals surface area contributed by atoms with E-state index in [0.717, 1.165) is 36.8 Å². The van der Waals surface area contributed by atoms with Crippen LogP contribution in [-0.4, -0.2) is 34.6 Å². The molecule has 0 fully saturated rings. The standard InChI is InChI=1S/C18H28N4O/c1-13(2)15(5-7-18(19)23)8-9-22(3)12-14-4-6-17-16(10-14)11-20-21-17/h4,6,10-11,13,15H,5,7-9,12H2,1-3H3,(H2,19,23)(H,20,21). The van der Waals surface area contributed by atoms with Crippen LogP contribution in [0.3, 0.4) is 0 Å². The number of amides is 1. The van der Waals surface area contributed by atoms with E-state index in [1.165, 1.54) is 5.56 Å². The number of H-pyrrole nitrogens is 1. The zero-order valence-corrected chi connectivity index (χ0v) is 14.4. The van der Waals surface area contributed by atoms with Crippen LogP contribution in [0.15, 0.2) is 24.4 Å². The van der Waals surface area contributed by atoms with Crippen LogP contribution in [0.25, 0.3) is 10.9 Å². The summed E-state index contributed by atoms with van der Waals surface area (Å²) >= 11 is 0. The van der Waals surface area contributed by atoms with Gasteiger partial charge < -0.3 is 10.6 Å². The molecule has 0 saturated carbocycles. The van der Waals surface area contributed by atoms with Crippen molar-refractivity contribution in [2.75, 3.05) is 13.6 Å². The molecule has 2 aromatic rings. The zero-order valence-electron chi connectivity index (χ0n) is 14.4. The Morgan fingerprint density at radius 3 is 2.83 bits per heavy atom. The van der Waals surface area contributed by atoms with Gasteiger partial charge in [0.15, 0.2) is 0 Å². The minimum absolute atomic E-state index is 0.197. The lowest BCUT2D eigenvalue weighted by molar-refractivity contribution is -0.118. The van der Waals surface area contributed by atoms with Crippen molar-refractivity contribution >= 4 is 16.8 Å². The third kappa shape index (κ3) is 5.36. The number of hydrogen-bond donors (Lipinski definition) is 2. The van der Waals surface area contributed by atoms with Crippen molar-refractivity contribution in [3.63, 3.8) is 0 Å². The fourth-order valence-electron chi connectivity index (χ4n) is 3.01. The number of carbonyl (C=O) groups excluding carboxylic acids is 1. The molecule has 1 aromatic carbocycles. The number of nitrogens with one attached hydrogen (secondary N) is 1. The molecule has 1 atom stereocenters. The Morgan fingerprint density at radius 2 is 2.13 bits per heavy atom. The number of aromatic amines is 1.